The highest BCUT2D eigenvalue weighted by molar-refractivity contribution is 5.78. The minimum absolute atomic E-state index is 0.0532. The van der Waals surface area contributed by atoms with Crippen molar-refractivity contribution in [1.29, 1.82) is 0 Å². The first-order chi connectivity index (χ1) is 10.5. The molecule has 1 aliphatic heterocycles. The molecule has 3 nitrogen and oxygen atoms in total. The van der Waals surface area contributed by atoms with Gasteiger partial charge < -0.3 is 11.1 Å². The van der Waals surface area contributed by atoms with Gasteiger partial charge in [-0.1, -0.05) is 26.0 Å². The van der Waals surface area contributed by atoms with Gasteiger partial charge in [0.1, 0.15) is 0 Å². The average Bonchev–Trinajstić information content (AvgIpc) is 2.84. The van der Waals surface area contributed by atoms with Gasteiger partial charge in [-0.25, -0.2) is 0 Å². The molecule has 4 aliphatic rings. The first-order valence-electron chi connectivity index (χ1n) is 9.17. The number of fused-ring (bicyclic) bond motifs is 5. The van der Waals surface area contributed by atoms with Crippen LogP contribution in [0.2, 0.25) is 0 Å². The first-order valence-corrected chi connectivity index (χ1v) is 9.17. The lowest BCUT2D eigenvalue weighted by molar-refractivity contribution is -0.129. The van der Waals surface area contributed by atoms with Crippen LogP contribution in [0.5, 0.6) is 0 Å². The van der Waals surface area contributed by atoms with E-state index in [1.165, 1.54) is 32.1 Å². The number of primary amides is 1. The van der Waals surface area contributed by atoms with E-state index in [1.807, 2.05) is 0 Å². The van der Waals surface area contributed by atoms with Crippen molar-refractivity contribution in [3.63, 3.8) is 0 Å². The third-order valence-corrected chi connectivity index (χ3v) is 8.08. The number of amides is 1. The molecule has 0 saturated heterocycles. The predicted octanol–water partition coefficient (Wildman–Crippen LogP) is 2.86. The fraction of sp³-hybridized carbons (Fsp3) is 0.842. The number of carbonyl (C=O) groups is 1. The lowest BCUT2D eigenvalue weighted by atomic mass is 9.48. The second-order valence-corrected chi connectivity index (χ2v) is 8.76. The number of rotatable bonds is 1. The number of nitrogens with one attached hydrogen (secondary N) is 1. The second-order valence-electron chi connectivity index (χ2n) is 8.76. The smallest absolute Gasteiger partial charge is 0.221 e. The van der Waals surface area contributed by atoms with Crippen LogP contribution < -0.4 is 11.1 Å². The Bertz CT molecular complexity index is 516. The Hall–Kier alpha value is -0.830. The monoisotopic (exact) mass is 302 g/mol. The molecule has 1 amide bonds. The van der Waals surface area contributed by atoms with Crippen LogP contribution >= 0.6 is 0 Å². The third kappa shape index (κ3) is 1.81. The summed E-state index contributed by atoms with van der Waals surface area (Å²) in [5.41, 5.74) is 6.21. The van der Waals surface area contributed by atoms with E-state index >= 15 is 0 Å². The van der Waals surface area contributed by atoms with Crippen LogP contribution in [0, 0.1) is 34.5 Å². The molecule has 122 valence electrons. The van der Waals surface area contributed by atoms with Crippen molar-refractivity contribution >= 4 is 5.91 Å². The molecule has 3 heteroatoms. The molecule has 0 spiro atoms. The van der Waals surface area contributed by atoms with Crippen molar-refractivity contribution in [3.05, 3.63) is 12.2 Å². The summed E-state index contributed by atoms with van der Waals surface area (Å²) in [4.78, 5) is 11.9. The molecule has 0 bridgehead atoms. The van der Waals surface area contributed by atoms with E-state index in [0.29, 0.717) is 17.4 Å². The van der Waals surface area contributed by atoms with Crippen LogP contribution in [0.15, 0.2) is 12.2 Å². The molecular formula is C19H30N2O. The van der Waals surface area contributed by atoms with Crippen molar-refractivity contribution in [1.82, 2.24) is 5.32 Å². The number of hydrogen-bond donors (Lipinski definition) is 2. The van der Waals surface area contributed by atoms with Crippen molar-refractivity contribution in [2.24, 2.45) is 40.2 Å². The van der Waals surface area contributed by atoms with E-state index in [9.17, 15) is 4.79 Å². The zero-order chi connectivity index (χ0) is 15.5. The van der Waals surface area contributed by atoms with Crippen molar-refractivity contribution in [3.8, 4) is 0 Å². The fourth-order valence-electron chi connectivity index (χ4n) is 6.94. The molecule has 3 N–H and O–H groups in total. The second kappa shape index (κ2) is 4.83. The average molecular weight is 302 g/mol. The minimum Gasteiger partial charge on any atom is -0.369 e. The van der Waals surface area contributed by atoms with Gasteiger partial charge >= 0.3 is 0 Å². The highest BCUT2D eigenvalue weighted by atomic mass is 16.1. The maximum atomic E-state index is 11.9. The van der Waals surface area contributed by atoms with Gasteiger partial charge in [0, 0.05) is 23.9 Å². The van der Waals surface area contributed by atoms with E-state index in [0.717, 1.165) is 24.8 Å². The summed E-state index contributed by atoms with van der Waals surface area (Å²) in [5.74, 6) is 2.33. The van der Waals surface area contributed by atoms with Crippen molar-refractivity contribution in [2.45, 2.75) is 58.4 Å². The van der Waals surface area contributed by atoms with Gasteiger partial charge in [0.2, 0.25) is 5.91 Å². The normalized spacial score (nSPS) is 53.5. The number of hydrogen-bond acceptors (Lipinski definition) is 2. The Labute approximate surface area is 134 Å². The van der Waals surface area contributed by atoms with E-state index in [1.54, 1.807) is 0 Å². The summed E-state index contributed by atoms with van der Waals surface area (Å²) in [5, 5.41) is 3.73. The minimum atomic E-state index is -0.0532. The number of nitrogens with two attached hydrogens (primary N) is 1. The van der Waals surface area contributed by atoms with Gasteiger partial charge in [-0.3, -0.25) is 4.79 Å². The first kappa shape index (κ1) is 14.7. The van der Waals surface area contributed by atoms with Crippen LogP contribution in [0.25, 0.3) is 0 Å². The molecule has 3 aliphatic carbocycles. The van der Waals surface area contributed by atoms with Crippen LogP contribution in [-0.2, 0) is 4.79 Å². The molecule has 7 atom stereocenters. The molecular weight excluding hydrogens is 272 g/mol. The summed E-state index contributed by atoms with van der Waals surface area (Å²) < 4.78 is 0. The Morgan fingerprint density at radius 3 is 2.73 bits per heavy atom. The van der Waals surface area contributed by atoms with Gasteiger partial charge in [0.15, 0.2) is 0 Å². The fourth-order valence-corrected chi connectivity index (χ4v) is 6.94. The van der Waals surface area contributed by atoms with E-state index in [4.69, 9.17) is 5.73 Å². The summed E-state index contributed by atoms with van der Waals surface area (Å²) in [6.45, 7) is 5.86. The standard InChI is InChI=1S/C19H30N2O/c1-18-10-8-14-12(13(18)5-6-15(18)17(20)22)4-7-16-19(14,2)9-3-11-21-16/h3,9,12-16,21H,4-8,10-11H2,1-2H3,(H2,20,22)/t12-,13-,14-,15?,16?,18-,19+/m0/s1. The number of carbonyl (C=O) groups excluding carboxylic acids is 1. The largest absolute Gasteiger partial charge is 0.369 e. The lowest BCUT2D eigenvalue weighted by Crippen LogP contribution is -2.58. The maximum Gasteiger partial charge on any atom is 0.221 e. The molecule has 3 fully saturated rings. The van der Waals surface area contributed by atoms with Gasteiger partial charge in [0.05, 0.1) is 0 Å². The van der Waals surface area contributed by atoms with Gasteiger partial charge in [-0.05, 0) is 61.7 Å². The lowest BCUT2D eigenvalue weighted by Gasteiger charge is -2.59. The van der Waals surface area contributed by atoms with E-state index in [-0.39, 0.29) is 17.2 Å². The zero-order valence-corrected chi connectivity index (χ0v) is 14.0. The van der Waals surface area contributed by atoms with E-state index < -0.39 is 0 Å². The van der Waals surface area contributed by atoms with Crippen molar-refractivity contribution in [2.75, 3.05) is 6.54 Å². The van der Waals surface area contributed by atoms with Gasteiger partial charge in [-0.2, -0.15) is 0 Å². The SMILES string of the molecule is C[C@]12C=CCNC1CC[C@@H]1[C@@H]2CC[C@]2(C)C(C(N)=O)CC[C@@H]12. The van der Waals surface area contributed by atoms with Gasteiger partial charge in [0.25, 0.3) is 0 Å². The highest BCUT2D eigenvalue weighted by Gasteiger charge is 2.60. The molecule has 22 heavy (non-hydrogen) atoms. The quantitative estimate of drug-likeness (QED) is 0.732. The van der Waals surface area contributed by atoms with Crippen LogP contribution in [0.1, 0.15) is 52.4 Å². The summed E-state index contributed by atoms with van der Waals surface area (Å²) in [6.07, 6.45) is 12.1. The van der Waals surface area contributed by atoms with Crippen LogP contribution in [0.3, 0.4) is 0 Å². The maximum absolute atomic E-state index is 11.9. The summed E-state index contributed by atoms with van der Waals surface area (Å²) in [7, 11) is 0. The summed E-state index contributed by atoms with van der Waals surface area (Å²) >= 11 is 0. The van der Waals surface area contributed by atoms with Crippen LogP contribution in [-0.4, -0.2) is 18.5 Å². The molecule has 0 aromatic carbocycles. The highest BCUT2D eigenvalue weighted by Crippen LogP contribution is 2.64. The molecule has 1 heterocycles. The summed E-state index contributed by atoms with van der Waals surface area (Å²) in [6, 6.07) is 0.649. The van der Waals surface area contributed by atoms with Gasteiger partial charge in [-0.15, -0.1) is 0 Å². The Kier molecular flexibility index (Phi) is 3.24. The Morgan fingerprint density at radius 2 is 1.95 bits per heavy atom. The predicted molar refractivity (Wildman–Crippen MR) is 88.0 cm³/mol. The molecule has 3 saturated carbocycles. The Morgan fingerprint density at radius 1 is 1.14 bits per heavy atom. The zero-order valence-electron chi connectivity index (χ0n) is 14.0. The topological polar surface area (TPSA) is 55.1 Å². The molecule has 0 aromatic heterocycles. The Balaban J connectivity index is 1.66. The third-order valence-electron chi connectivity index (χ3n) is 8.08. The van der Waals surface area contributed by atoms with Crippen LogP contribution in [0.4, 0.5) is 0 Å². The molecule has 0 aromatic rings. The molecule has 0 radical (unpaired) electrons. The molecule has 4 rings (SSSR count). The van der Waals surface area contributed by atoms with E-state index in [2.05, 4.69) is 31.3 Å². The molecule has 2 unspecified atom stereocenters. The van der Waals surface area contributed by atoms with Crippen molar-refractivity contribution < 1.29 is 4.79 Å².